The Bertz CT molecular complexity index is 765. The maximum absolute atomic E-state index is 12.4. The van der Waals surface area contributed by atoms with Crippen molar-refractivity contribution < 1.29 is 17.9 Å². The number of nitrogens with zero attached hydrogens (tertiary/aromatic N) is 1. The molecule has 116 valence electrons. The molecule has 2 aromatic rings. The number of benzene rings is 2. The van der Waals surface area contributed by atoms with E-state index in [4.69, 9.17) is 4.74 Å². The van der Waals surface area contributed by atoms with Gasteiger partial charge in [-0.2, -0.15) is 0 Å². The summed E-state index contributed by atoms with van der Waals surface area (Å²) >= 11 is 0. The third-order valence-electron chi connectivity index (χ3n) is 3.16. The van der Waals surface area contributed by atoms with Crippen LogP contribution < -0.4 is 4.74 Å². The summed E-state index contributed by atoms with van der Waals surface area (Å²) in [5, 5.41) is 0. The third-order valence-corrected chi connectivity index (χ3v) is 4.90. The fraction of sp³-hybridized carbons (Fsp3) is 0.188. The van der Waals surface area contributed by atoms with E-state index in [0.717, 1.165) is 11.1 Å². The van der Waals surface area contributed by atoms with E-state index in [-0.39, 0.29) is 4.90 Å². The molecule has 1 amide bonds. The van der Waals surface area contributed by atoms with Gasteiger partial charge in [0.1, 0.15) is 5.75 Å². The average molecular weight is 319 g/mol. The molecule has 0 aliphatic carbocycles. The van der Waals surface area contributed by atoms with Gasteiger partial charge in [0.2, 0.25) is 0 Å². The van der Waals surface area contributed by atoms with Crippen LogP contribution in [0.4, 0.5) is 4.79 Å². The smallest absolute Gasteiger partial charge is 0.410 e. The van der Waals surface area contributed by atoms with E-state index < -0.39 is 16.1 Å². The van der Waals surface area contributed by atoms with Crippen LogP contribution in [0.25, 0.3) is 0 Å². The minimum atomic E-state index is -3.92. The van der Waals surface area contributed by atoms with Crippen LogP contribution in [0, 0.1) is 13.8 Å². The Kier molecular flexibility index (Phi) is 4.51. The van der Waals surface area contributed by atoms with Gasteiger partial charge in [0.15, 0.2) is 0 Å². The summed E-state index contributed by atoms with van der Waals surface area (Å²) in [6.07, 6.45) is -0.954. The van der Waals surface area contributed by atoms with Gasteiger partial charge in [-0.25, -0.2) is 17.5 Å². The molecule has 22 heavy (non-hydrogen) atoms. The summed E-state index contributed by atoms with van der Waals surface area (Å²) in [5.41, 5.74) is 1.95. The van der Waals surface area contributed by atoms with Gasteiger partial charge in [-0.3, -0.25) is 0 Å². The molecule has 0 N–H and O–H groups in total. The van der Waals surface area contributed by atoms with Crippen LogP contribution >= 0.6 is 0 Å². The molecule has 6 heteroatoms. The van der Waals surface area contributed by atoms with Crippen LogP contribution in [0.3, 0.4) is 0 Å². The van der Waals surface area contributed by atoms with Gasteiger partial charge in [0.25, 0.3) is 10.0 Å². The van der Waals surface area contributed by atoms with Gasteiger partial charge in [-0.05, 0) is 38.1 Å². The average Bonchev–Trinajstić information content (AvgIpc) is 2.49. The first-order valence-electron chi connectivity index (χ1n) is 6.65. The number of hydrogen-bond donors (Lipinski definition) is 0. The molecule has 2 rings (SSSR count). The Morgan fingerprint density at radius 3 is 1.86 bits per heavy atom. The summed E-state index contributed by atoms with van der Waals surface area (Å²) in [6, 6.07) is 13.0. The van der Waals surface area contributed by atoms with E-state index in [9.17, 15) is 13.2 Å². The third kappa shape index (κ3) is 3.46. The number of carbonyl (C=O) groups excluding carboxylic acids is 1. The van der Waals surface area contributed by atoms with Crippen LogP contribution in [0.5, 0.6) is 5.75 Å². The normalized spacial score (nSPS) is 11.0. The van der Waals surface area contributed by atoms with Gasteiger partial charge in [-0.1, -0.05) is 35.4 Å². The monoisotopic (exact) mass is 319 g/mol. The highest BCUT2D eigenvalue weighted by Crippen LogP contribution is 2.18. The lowest BCUT2D eigenvalue weighted by Gasteiger charge is -2.17. The molecule has 0 bridgehead atoms. The van der Waals surface area contributed by atoms with Crippen molar-refractivity contribution in [2.24, 2.45) is 0 Å². The van der Waals surface area contributed by atoms with Crippen LogP contribution in [-0.2, 0) is 10.0 Å². The van der Waals surface area contributed by atoms with Gasteiger partial charge in [0, 0.05) is 7.05 Å². The van der Waals surface area contributed by atoms with Gasteiger partial charge in [0.05, 0.1) is 4.90 Å². The van der Waals surface area contributed by atoms with Crippen molar-refractivity contribution in [2.45, 2.75) is 18.7 Å². The quantitative estimate of drug-likeness (QED) is 0.872. The van der Waals surface area contributed by atoms with Gasteiger partial charge in [-0.15, -0.1) is 0 Å². The van der Waals surface area contributed by atoms with Gasteiger partial charge >= 0.3 is 6.09 Å². The molecule has 0 aliphatic rings. The Labute approximate surface area is 130 Å². The molecule has 0 heterocycles. The van der Waals surface area contributed by atoms with Crippen molar-refractivity contribution in [3.8, 4) is 5.75 Å². The van der Waals surface area contributed by atoms with Crippen LogP contribution in [0.15, 0.2) is 53.4 Å². The predicted octanol–water partition coefficient (Wildman–Crippen LogP) is 3.12. The van der Waals surface area contributed by atoms with Crippen molar-refractivity contribution in [1.82, 2.24) is 4.31 Å². The maximum atomic E-state index is 12.4. The number of amides is 1. The highest BCUT2D eigenvalue weighted by atomic mass is 32.2. The molecule has 0 radical (unpaired) electrons. The number of rotatable bonds is 3. The van der Waals surface area contributed by atoms with Crippen molar-refractivity contribution in [3.05, 3.63) is 59.7 Å². The Morgan fingerprint density at radius 1 is 0.909 bits per heavy atom. The summed E-state index contributed by atoms with van der Waals surface area (Å²) in [7, 11) is -2.75. The Morgan fingerprint density at radius 2 is 1.36 bits per heavy atom. The van der Waals surface area contributed by atoms with Crippen molar-refractivity contribution in [3.63, 3.8) is 0 Å². The molecule has 5 nitrogen and oxygen atoms in total. The molecule has 0 aromatic heterocycles. The summed E-state index contributed by atoms with van der Waals surface area (Å²) in [5.74, 6) is 0.293. The fourth-order valence-corrected chi connectivity index (χ4v) is 2.77. The standard InChI is InChI=1S/C16H17NO4S/c1-12-4-8-14(9-5-12)21-16(18)17(3)22(19,20)15-10-6-13(2)7-11-15/h4-11H,1-3H3. The molecule has 0 saturated heterocycles. The summed E-state index contributed by atoms with van der Waals surface area (Å²) < 4.78 is 30.4. The molecule has 0 spiro atoms. The first-order valence-corrected chi connectivity index (χ1v) is 8.09. The minimum Gasteiger partial charge on any atom is -0.410 e. The Hall–Kier alpha value is -2.34. The number of carbonyl (C=O) groups is 1. The molecule has 0 atom stereocenters. The second-order valence-electron chi connectivity index (χ2n) is 4.97. The van der Waals surface area contributed by atoms with Crippen LogP contribution in [0.2, 0.25) is 0 Å². The first-order chi connectivity index (χ1) is 10.3. The maximum Gasteiger partial charge on any atom is 0.429 e. The SMILES string of the molecule is Cc1ccc(OC(=O)N(C)S(=O)(=O)c2ccc(C)cc2)cc1. The number of sulfonamides is 1. The summed E-state index contributed by atoms with van der Waals surface area (Å²) in [4.78, 5) is 12.1. The fourth-order valence-electron chi connectivity index (χ4n) is 1.74. The zero-order chi connectivity index (χ0) is 16.3. The highest BCUT2D eigenvalue weighted by Gasteiger charge is 2.27. The van der Waals surface area contributed by atoms with Gasteiger partial charge < -0.3 is 4.74 Å². The van der Waals surface area contributed by atoms with E-state index in [1.807, 2.05) is 13.8 Å². The van der Waals surface area contributed by atoms with E-state index >= 15 is 0 Å². The van der Waals surface area contributed by atoms with E-state index in [1.54, 1.807) is 36.4 Å². The second kappa shape index (κ2) is 6.19. The first kappa shape index (κ1) is 16.0. The van der Waals surface area contributed by atoms with E-state index in [1.165, 1.54) is 19.2 Å². The topological polar surface area (TPSA) is 63.7 Å². The molecule has 0 saturated carbocycles. The number of ether oxygens (including phenoxy) is 1. The second-order valence-corrected chi connectivity index (χ2v) is 6.94. The number of aryl methyl sites for hydroxylation is 2. The largest absolute Gasteiger partial charge is 0.429 e. The van der Waals surface area contributed by atoms with E-state index in [2.05, 4.69) is 0 Å². The van der Waals surface area contributed by atoms with Crippen molar-refractivity contribution >= 4 is 16.1 Å². The van der Waals surface area contributed by atoms with Crippen molar-refractivity contribution in [2.75, 3.05) is 7.05 Å². The zero-order valence-corrected chi connectivity index (χ0v) is 13.4. The molecular weight excluding hydrogens is 302 g/mol. The van der Waals surface area contributed by atoms with Crippen LogP contribution in [0.1, 0.15) is 11.1 Å². The summed E-state index contributed by atoms with van der Waals surface area (Å²) in [6.45, 7) is 3.76. The highest BCUT2D eigenvalue weighted by molar-refractivity contribution is 7.89. The number of hydrogen-bond acceptors (Lipinski definition) is 4. The van der Waals surface area contributed by atoms with Crippen molar-refractivity contribution in [1.29, 1.82) is 0 Å². The van der Waals surface area contributed by atoms with E-state index in [0.29, 0.717) is 10.1 Å². The molecule has 2 aromatic carbocycles. The molecule has 0 unspecified atom stereocenters. The molecule has 0 aliphatic heterocycles. The predicted molar refractivity (Wildman–Crippen MR) is 83.3 cm³/mol. The minimum absolute atomic E-state index is 0.0430. The Balaban J connectivity index is 2.18. The molecular formula is C16H17NO4S. The van der Waals surface area contributed by atoms with Crippen LogP contribution in [-0.4, -0.2) is 25.9 Å². The lowest BCUT2D eigenvalue weighted by atomic mass is 10.2. The molecule has 0 fully saturated rings. The lowest BCUT2D eigenvalue weighted by Crippen LogP contribution is -2.35. The zero-order valence-electron chi connectivity index (χ0n) is 12.6. The lowest BCUT2D eigenvalue weighted by molar-refractivity contribution is 0.184.